The van der Waals surface area contributed by atoms with Crippen molar-refractivity contribution >= 4 is 32.3 Å². The fraction of sp³-hybridized carbons (Fsp3) is 0.0769. The third-order valence-corrected chi connectivity index (χ3v) is 6.08. The van der Waals surface area contributed by atoms with Crippen molar-refractivity contribution in [3.05, 3.63) is 96.1 Å². The first-order valence-corrected chi connectivity index (χ1v) is 9.30. The number of hydrogen-bond donors (Lipinski definition) is 0. The van der Waals surface area contributed by atoms with Crippen molar-refractivity contribution in [3.63, 3.8) is 0 Å². The van der Waals surface area contributed by atoms with E-state index in [1.54, 1.807) is 0 Å². The number of rotatable bonds is 0. The molecular weight excluding hydrogens is 312 g/mol. The Kier molecular flexibility index (Phi) is 2.69. The Morgan fingerprint density at radius 1 is 0.500 bits per heavy atom. The van der Waals surface area contributed by atoms with Crippen LogP contribution in [0.2, 0.25) is 0 Å². The molecular formula is C26H18. The first kappa shape index (κ1) is 14.1. The summed E-state index contributed by atoms with van der Waals surface area (Å²) in [5.74, 6) is 0.416. The number of fused-ring (bicyclic) bond motifs is 10. The average Bonchev–Trinajstić information content (AvgIpc) is 3.02. The highest BCUT2D eigenvalue weighted by Gasteiger charge is 2.30. The molecule has 0 heterocycles. The summed E-state index contributed by atoms with van der Waals surface area (Å²) in [6, 6.07) is 31.2. The maximum Gasteiger partial charge on any atom is 0.00799 e. The Labute approximate surface area is 152 Å². The smallest absolute Gasteiger partial charge is 0.00799 e. The lowest BCUT2D eigenvalue weighted by Crippen LogP contribution is -1.92. The van der Waals surface area contributed by atoms with Crippen LogP contribution in [0.4, 0.5) is 0 Å². The van der Waals surface area contributed by atoms with Crippen molar-refractivity contribution in [1.82, 2.24) is 0 Å². The summed E-state index contributed by atoms with van der Waals surface area (Å²) >= 11 is 0. The molecule has 0 saturated heterocycles. The van der Waals surface area contributed by atoms with Crippen LogP contribution in [0.15, 0.2) is 84.9 Å². The van der Waals surface area contributed by atoms with Crippen molar-refractivity contribution < 1.29 is 0 Å². The van der Waals surface area contributed by atoms with Gasteiger partial charge in [0.05, 0.1) is 0 Å². The van der Waals surface area contributed by atoms with E-state index in [9.17, 15) is 0 Å². The fourth-order valence-corrected chi connectivity index (χ4v) is 4.97. The van der Waals surface area contributed by atoms with E-state index < -0.39 is 0 Å². The van der Waals surface area contributed by atoms with Gasteiger partial charge in [0.15, 0.2) is 0 Å². The minimum atomic E-state index is 0.416. The molecule has 5 aromatic carbocycles. The Bertz CT molecular complexity index is 1340. The van der Waals surface area contributed by atoms with E-state index in [2.05, 4.69) is 91.9 Å². The van der Waals surface area contributed by atoms with E-state index in [1.807, 2.05) is 0 Å². The van der Waals surface area contributed by atoms with Crippen LogP contribution in [0.3, 0.4) is 0 Å². The monoisotopic (exact) mass is 330 g/mol. The summed E-state index contributed by atoms with van der Waals surface area (Å²) in [6.07, 6.45) is 0. The Morgan fingerprint density at radius 3 is 1.85 bits per heavy atom. The number of benzene rings is 5. The molecule has 1 aliphatic carbocycles. The highest BCUT2D eigenvalue weighted by atomic mass is 14.3. The van der Waals surface area contributed by atoms with E-state index in [0.717, 1.165) is 0 Å². The van der Waals surface area contributed by atoms with Crippen molar-refractivity contribution in [2.24, 2.45) is 0 Å². The molecule has 0 amide bonds. The summed E-state index contributed by atoms with van der Waals surface area (Å²) < 4.78 is 0. The zero-order chi connectivity index (χ0) is 17.3. The average molecular weight is 330 g/mol. The number of hydrogen-bond acceptors (Lipinski definition) is 0. The van der Waals surface area contributed by atoms with Gasteiger partial charge in [-0.2, -0.15) is 0 Å². The van der Waals surface area contributed by atoms with Gasteiger partial charge in [0.25, 0.3) is 0 Å². The summed E-state index contributed by atoms with van der Waals surface area (Å²) in [4.78, 5) is 0. The zero-order valence-corrected chi connectivity index (χ0v) is 14.7. The largest absolute Gasteiger partial charge is 0.0616 e. The van der Waals surface area contributed by atoms with Gasteiger partial charge in [0.2, 0.25) is 0 Å². The molecule has 1 atom stereocenters. The highest BCUT2D eigenvalue weighted by Crippen LogP contribution is 2.53. The van der Waals surface area contributed by atoms with Crippen LogP contribution in [-0.2, 0) is 0 Å². The van der Waals surface area contributed by atoms with Gasteiger partial charge in [-0.3, -0.25) is 0 Å². The summed E-state index contributed by atoms with van der Waals surface area (Å²) in [5, 5.41) is 8.19. The molecule has 5 aromatic rings. The molecule has 0 unspecified atom stereocenters. The topological polar surface area (TPSA) is 0 Å². The Hall–Kier alpha value is -3.12. The molecule has 0 bridgehead atoms. The SMILES string of the molecule is C[C@H]1c2ccc3ccccc3c2-c2c1c1ccccc1c1ccccc21. The molecule has 0 fully saturated rings. The normalized spacial score (nSPS) is 15.5. The van der Waals surface area contributed by atoms with Gasteiger partial charge in [-0.15, -0.1) is 0 Å². The molecule has 1 aliphatic rings. The van der Waals surface area contributed by atoms with E-state index in [4.69, 9.17) is 0 Å². The zero-order valence-electron chi connectivity index (χ0n) is 14.7. The molecule has 6 rings (SSSR count). The first-order valence-electron chi connectivity index (χ1n) is 9.30. The second-order valence-corrected chi connectivity index (χ2v) is 7.35. The lowest BCUT2D eigenvalue weighted by Gasteiger charge is -2.14. The maximum absolute atomic E-state index is 2.36. The van der Waals surface area contributed by atoms with Crippen LogP contribution in [0, 0.1) is 0 Å². The fourth-order valence-electron chi connectivity index (χ4n) is 4.97. The second-order valence-electron chi connectivity index (χ2n) is 7.35. The van der Waals surface area contributed by atoms with Gasteiger partial charge in [-0.1, -0.05) is 91.9 Å². The van der Waals surface area contributed by atoms with Gasteiger partial charge in [-0.25, -0.2) is 0 Å². The molecule has 0 aromatic heterocycles. The van der Waals surface area contributed by atoms with Crippen molar-refractivity contribution in [2.75, 3.05) is 0 Å². The predicted molar refractivity (Wildman–Crippen MR) is 112 cm³/mol. The molecule has 0 spiro atoms. The Morgan fingerprint density at radius 2 is 1.08 bits per heavy atom. The van der Waals surface area contributed by atoms with Gasteiger partial charge in [-0.05, 0) is 54.6 Å². The minimum Gasteiger partial charge on any atom is -0.0616 e. The maximum atomic E-state index is 2.36. The summed E-state index contributed by atoms with van der Waals surface area (Å²) in [6.45, 7) is 2.36. The molecule has 26 heavy (non-hydrogen) atoms. The van der Waals surface area contributed by atoms with Crippen LogP contribution in [0.1, 0.15) is 24.0 Å². The minimum absolute atomic E-state index is 0.416. The van der Waals surface area contributed by atoms with Crippen LogP contribution < -0.4 is 0 Å². The van der Waals surface area contributed by atoms with E-state index >= 15 is 0 Å². The highest BCUT2D eigenvalue weighted by molar-refractivity contribution is 6.20. The van der Waals surface area contributed by atoms with E-state index in [1.165, 1.54) is 54.6 Å². The van der Waals surface area contributed by atoms with Crippen molar-refractivity contribution in [3.8, 4) is 11.1 Å². The molecule has 122 valence electrons. The third kappa shape index (κ3) is 1.64. The van der Waals surface area contributed by atoms with Crippen LogP contribution in [0.25, 0.3) is 43.4 Å². The van der Waals surface area contributed by atoms with Crippen LogP contribution in [0.5, 0.6) is 0 Å². The Balaban J connectivity index is 1.93. The molecule has 0 nitrogen and oxygen atoms in total. The van der Waals surface area contributed by atoms with Gasteiger partial charge in [0, 0.05) is 5.92 Å². The standard InChI is InChI=1S/C26H18/c1-16-18-15-14-17-8-2-3-9-19(17)25(18)26-23-13-7-5-11-21(23)20-10-4-6-12-22(20)24(16)26/h2-16H,1H3/t16-/m0/s1. The van der Waals surface area contributed by atoms with Gasteiger partial charge in [0.1, 0.15) is 0 Å². The quantitative estimate of drug-likeness (QED) is 0.262. The first-order chi connectivity index (χ1) is 12.8. The van der Waals surface area contributed by atoms with Crippen LogP contribution >= 0.6 is 0 Å². The third-order valence-electron chi connectivity index (χ3n) is 6.08. The summed E-state index contributed by atoms with van der Waals surface area (Å²) in [5.41, 5.74) is 5.83. The lowest BCUT2D eigenvalue weighted by atomic mass is 9.89. The van der Waals surface area contributed by atoms with Gasteiger partial charge >= 0.3 is 0 Å². The lowest BCUT2D eigenvalue weighted by molar-refractivity contribution is 0.969. The van der Waals surface area contributed by atoms with Crippen molar-refractivity contribution in [1.29, 1.82) is 0 Å². The van der Waals surface area contributed by atoms with Gasteiger partial charge < -0.3 is 0 Å². The van der Waals surface area contributed by atoms with E-state index in [-0.39, 0.29) is 0 Å². The molecule has 0 heteroatoms. The predicted octanol–water partition coefficient (Wildman–Crippen LogP) is 7.28. The summed E-state index contributed by atoms with van der Waals surface area (Å²) in [7, 11) is 0. The van der Waals surface area contributed by atoms with Crippen LogP contribution in [-0.4, -0.2) is 0 Å². The van der Waals surface area contributed by atoms with Crippen molar-refractivity contribution in [2.45, 2.75) is 12.8 Å². The second kappa shape index (κ2) is 4.95. The molecule has 0 saturated carbocycles. The molecule has 0 N–H and O–H groups in total. The molecule has 0 radical (unpaired) electrons. The van der Waals surface area contributed by atoms with E-state index in [0.29, 0.717) is 5.92 Å². The molecule has 0 aliphatic heterocycles.